The van der Waals surface area contributed by atoms with E-state index in [0.29, 0.717) is 6.54 Å². The van der Waals surface area contributed by atoms with Crippen LogP contribution in [0.1, 0.15) is 6.92 Å². The van der Waals surface area contributed by atoms with Crippen molar-refractivity contribution in [3.8, 4) is 0 Å². The molecule has 0 fully saturated rings. The van der Waals surface area contributed by atoms with E-state index in [9.17, 15) is 4.79 Å². The zero-order valence-electron chi connectivity index (χ0n) is 8.37. The number of carboxylic acid groups (broad SMARTS) is 1. The molecule has 1 N–H and O–H groups in total. The molecule has 0 radical (unpaired) electrons. The van der Waals surface area contributed by atoms with Crippen LogP contribution in [0.15, 0.2) is 0 Å². The van der Waals surface area contributed by atoms with Gasteiger partial charge < -0.3 is 10.0 Å². The van der Waals surface area contributed by atoms with E-state index in [1.165, 1.54) is 0 Å². The van der Waals surface area contributed by atoms with Gasteiger partial charge in [0.25, 0.3) is 0 Å². The Labute approximate surface area is 76.0 Å². The van der Waals surface area contributed by atoms with Gasteiger partial charge in [-0.2, -0.15) is 0 Å². The minimum Gasteiger partial charge on any atom is -0.481 e. The topological polar surface area (TPSA) is 40.5 Å². The van der Waals surface area contributed by atoms with E-state index < -0.39 is 14.8 Å². The van der Waals surface area contributed by atoms with Crippen LogP contribution in [0.5, 0.6) is 0 Å². The third-order valence-corrected chi connectivity index (χ3v) is 3.04. The average Bonchev–Trinajstić information content (AvgIpc) is 1.84. The maximum absolute atomic E-state index is 10.5. The molecule has 1 atom stereocenters. The van der Waals surface area contributed by atoms with Crippen molar-refractivity contribution in [3.63, 3.8) is 0 Å². The number of nitrogens with zero attached hydrogens (tertiary/aromatic N) is 1. The molecule has 12 heavy (non-hydrogen) atoms. The van der Waals surface area contributed by atoms with Crippen LogP contribution in [0.3, 0.4) is 0 Å². The molecule has 0 saturated heterocycles. The summed E-state index contributed by atoms with van der Waals surface area (Å²) in [6, 6.07) is 0. The normalized spacial score (nSPS) is 13.8. The quantitative estimate of drug-likeness (QED) is 0.646. The van der Waals surface area contributed by atoms with Gasteiger partial charge in [0.05, 0.1) is 5.92 Å². The molecule has 3 nitrogen and oxygen atoms in total. The highest BCUT2D eigenvalue weighted by atomic mass is 28.3. The van der Waals surface area contributed by atoms with Crippen LogP contribution in [-0.2, 0) is 4.79 Å². The molecule has 0 bridgehead atoms. The van der Waals surface area contributed by atoms with Crippen molar-refractivity contribution < 1.29 is 9.90 Å². The number of carboxylic acids is 1. The van der Waals surface area contributed by atoms with Crippen LogP contribution < -0.4 is 0 Å². The number of rotatable bonds is 5. The summed E-state index contributed by atoms with van der Waals surface area (Å²) in [6.07, 6.45) is 1.09. The third-order valence-electron chi connectivity index (χ3n) is 1.68. The van der Waals surface area contributed by atoms with E-state index in [0.717, 1.165) is 6.17 Å². The van der Waals surface area contributed by atoms with Gasteiger partial charge >= 0.3 is 5.97 Å². The number of hydrogen-bond acceptors (Lipinski definition) is 2. The third kappa shape index (κ3) is 5.32. The Morgan fingerprint density at radius 3 is 2.42 bits per heavy atom. The van der Waals surface area contributed by atoms with Gasteiger partial charge in [0, 0.05) is 15.3 Å². The zero-order valence-corrected chi connectivity index (χ0v) is 9.53. The van der Waals surface area contributed by atoms with E-state index in [1.807, 2.05) is 7.05 Å². The summed E-state index contributed by atoms with van der Waals surface area (Å²) >= 11 is 0. The van der Waals surface area contributed by atoms with Crippen molar-refractivity contribution >= 4 is 14.8 Å². The summed E-state index contributed by atoms with van der Waals surface area (Å²) in [5.41, 5.74) is 0. The van der Waals surface area contributed by atoms with E-state index in [1.54, 1.807) is 6.92 Å². The summed E-state index contributed by atoms with van der Waals surface area (Å²) in [5, 5.41) is 8.65. The van der Waals surface area contributed by atoms with E-state index in [-0.39, 0.29) is 5.92 Å². The van der Waals surface area contributed by atoms with Crippen LogP contribution in [-0.4, -0.2) is 44.5 Å². The van der Waals surface area contributed by atoms with Gasteiger partial charge in [-0.25, -0.2) is 0 Å². The first-order valence-corrected chi connectivity index (χ1v) is 7.47. The first-order chi connectivity index (χ1) is 5.43. The molecular formula is C8H19NO2Si. The van der Waals surface area contributed by atoms with Crippen molar-refractivity contribution in [2.45, 2.75) is 20.0 Å². The van der Waals surface area contributed by atoms with Crippen LogP contribution in [0.4, 0.5) is 0 Å². The van der Waals surface area contributed by atoms with Crippen molar-refractivity contribution in [1.82, 2.24) is 4.90 Å². The Hall–Kier alpha value is -0.353. The summed E-state index contributed by atoms with van der Waals surface area (Å²) in [7, 11) is 1.41. The van der Waals surface area contributed by atoms with Gasteiger partial charge in [-0.3, -0.25) is 4.79 Å². The average molecular weight is 189 g/mol. The van der Waals surface area contributed by atoms with Gasteiger partial charge in [-0.15, -0.1) is 0 Å². The molecule has 0 aromatic rings. The van der Waals surface area contributed by atoms with Gasteiger partial charge in [0.1, 0.15) is 0 Å². The Kier molecular flexibility index (Phi) is 5.16. The van der Waals surface area contributed by atoms with Crippen molar-refractivity contribution in [1.29, 1.82) is 0 Å². The molecule has 0 aromatic heterocycles. The molecule has 0 rings (SSSR count). The van der Waals surface area contributed by atoms with E-state index >= 15 is 0 Å². The van der Waals surface area contributed by atoms with Crippen LogP contribution >= 0.6 is 0 Å². The molecule has 1 unspecified atom stereocenters. The number of aliphatic carboxylic acids is 1. The van der Waals surface area contributed by atoms with Gasteiger partial charge in [0.2, 0.25) is 0 Å². The Morgan fingerprint density at radius 1 is 1.58 bits per heavy atom. The standard InChI is InChI=1S/C8H19NO2Si/c1-7(8(10)11)5-9(2)6-12(3)4/h7,12H,5-6H2,1-4H3,(H,10,11). The summed E-state index contributed by atoms with van der Waals surface area (Å²) in [6.45, 7) is 6.95. The minimum atomic E-state index is -0.702. The highest BCUT2D eigenvalue weighted by Crippen LogP contribution is 1.98. The Balaban J connectivity index is 3.68. The molecule has 0 aliphatic heterocycles. The molecule has 0 aliphatic carbocycles. The second-order valence-corrected chi connectivity index (χ2v) is 7.01. The molecule has 72 valence electrons. The van der Waals surface area contributed by atoms with Crippen molar-refractivity contribution in [3.05, 3.63) is 0 Å². The Morgan fingerprint density at radius 2 is 2.08 bits per heavy atom. The summed E-state index contributed by atoms with van der Waals surface area (Å²) in [4.78, 5) is 12.6. The first kappa shape index (κ1) is 11.6. The van der Waals surface area contributed by atoms with Crippen molar-refractivity contribution in [2.75, 3.05) is 19.8 Å². The largest absolute Gasteiger partial charge is 0.481 e. The number of hydrogen-bond donors (Lipinski definition) is 1. The van der Waals surface area contributed by atoms with Crippen LogP contribution in [0.2, 0.25) is 13.1 Å². The fourth-order valence-electron chi connectivity index (χ4n) is 1.24. The smallest absolute Gasteiger partial charge is 0.307 e. The van der Waals surface area contributed by atoms with E-state index in [2.05, 4.69) is 18.0 Å². The van der Waals surface area contributed by atoms with Gasteiger partial charge in [-0.1, -0.05) is 20.0 Å². The molecule has 4 heteroatoms. The summed E-state index contributed by atoms with van der Waals surface area (Å²) < 4.78 is 0. The second kappa shape index (κ2) is 5.32. The maximum atomic E-state index is 10.5. The zero-order chi connectivity index (χ0) is 9.72. The Bertz CT molecular complexity index is 150. The van der Waals surface area contributed by atoms with Crippen molar-refractivity contribution in [2.24, 2.45) is 5.92 Å². The predicted octanol–water partition coefficient (Wildman–Crippen LogP) is 0.665. The predicted molar refractivity (Wildman–Crippen MR) is 53.2 cm³/mol. The lowest BCUT2D eigenvalue weighted by Crippen LogP contribution is -2.34. The summed E-state index contributed by atoms with van der Waals surface area (Å²) in [5.74, 6) is -0.949. The maximum Gasteiger partial charge on any atom is 0.307 e. The monoisotopic (exact) mass is 189 g/mol. The molecule has 0 aromatic carbocycles. The highest BCUT2D eigenvalue weighted by Gasteiger charge is 2.13. The lowest BCUT2D eigenvalue weighted by Gasteiger charge is -2.20. The minimum absolute atomic E-state index is 0.247. The molecular weight excluding hydrogens is 170 g/mol. The fourth-order valence-corrected chi connectivity index (χ4v) is 2.64. The second-order valence-electron chi connectivity index (χ2n) is 3.85. The fraction of sp³-hybridized carbons (Fsp3) is 0.875. The molecule has 0 spiro atoms. The first-order valence-electron chi connectivity index (χ1n) is 4.34. The van der Waals surface area contributed by atoms with Gasteiger partial charge in [0.15, 0.2) is 0 Å². The SMILES string of the molecule is CC(CN(C)C[SiH](C)C)C(=O)O. The van der Waals surface area contributed by atoms with Crippen LogP contribution in [0.25, 0.3) is 0 Å². The molecule has 0 aliphatic rings. The lowest BCUT2D eigenvalue weighted by atomic mass is 10.2. The van der Waals surface area contributed by atoms with Crippen LogP contribution in [0, 0.1) is 5.92 Å². The number of carbonyl (C=O) groups is 1. The highest BCUT2D eigenvalue weighted by molar-refractivity contribution is 6.55. The molecule has 0 amide bonds. The lowest BCUT2D eigenvalue weighted by molar-refractivity contribution is -0.141. The molecule has 0 heterocycles. The molecule has 0 saturated carbocycles. The van der Waals surface area contributed by atoms with Gasteiger partial charge in [-0.05, 0) is 13.2 Å². The van der Waals surface area contributed by atoms with E-state index in [4.69, 9.17) is 5.11 Å².